The molecule has 1 aliphatic heterocycles. The van der Waals surface area contributed by atoms with Crippen LogP contribution in [-0.4, -0.2) is 43.4 Å². The summed E-state index contributed by atoms with van der Waals surface area (Å²) < 4.78 is 16.6. The van der Waals surface area contributed by atoms with Crippen LogP contribution in [0.1, 0.15) is 25.0 Å². The molecular formula is C22H27NO4S. The van der Waals surface area contributed by atoms with Gasteiger partial charge in [-0.05, 0) is 67.8 Å². The number of methoxy groups -OCH3 is 1. The largest absolute Gasteiger partial charge is 0.497 e. The minimum atomic E-state index is 0.151. The third-order valence-electron chi connectivity index (χ3n) is 4.65. The maximum atomic E-state index is 12.7. The summed E-state index contributed by atoms with van der Waals surface area (Å²) in [6, 6.07) is 11.9. The first kappa shape index (κ1) is 20.4. The topological polar surface area (TPSA) is 48.0 Å². The molecule has 0 saturated carbocycles. The van der Waals surface area contributed by atoms with Gasteiger partial charge in [0.05, 0.1) is 26.1 Å². The van der Waals surface area contributed by atoms with Crippen LogP contribution in [0, 0.1) is 0 Å². The van der Waals surface area contributed by atoms with Gasteiger partial charge in [-0.25, -0.2) is 0 Å². The van der Waals surface area contributed by atoms with E-state index in [9.17, 15) is 4.79 Å². The lowest BCUT2D eigenvalue weighted by molar-refractivity contribution is -0.129. The second kappa shape index (κ2) is 9.73. The standard InChI is InChI=1S/C22H27NO4S/c1-4-26-20-12-16-10-11-23(14-17(16)13-21(20)27-5-2)22(24)15-28-19-8-6-18(25-3)7-9-19/h6-9,12-13H,4-5,10-11,14-15H2,1-3H3. The van der Waals surface area contributed by atoms with Gasteiger partial charge < -0.3 is 19.1 Å². The summed E-state index contributed by atoms with van der Waals surface area (Å²) in [6.07, 6.45) is 0.834. The number of rotatable bonds is 8. The molecule has 3 rings (SSSR count). The first-order valence-electron chi connectivity index (χ1n) is 9.60. The Bertz CT molecular complexity index is 807. The van der Waals surface area contributed by atoms with Gasteiger partial charge in [0, 0.05) is 18.0 Å². The SMILES string of the molecule is CCOc1cc2c(cc1OCC)CN(C(=O)CSc1ccc(OC)cc1)CC2. The number of hydrogen-bond acceptors (Lipinski definition) is 5. The van der Waals surface area contributed by atoms with Crippen LogP contribution in [0.3, 0.4) is 0 Å². The quantitative estimate of drug-likeness (QED) is 0.622. The zero-order valence-electron chi connectivity index (χ0n) is 16.7. The van der Waals surface area contributed by atoms with Crippen LogP contribution in [0.4, 0.5) is 0 Å². The molecule has 1 heterocycles. The number of thioether (sulfide) groups is 1. The number of benzene rings is 2. The zero-order valence-corrected chi connectivity index (χ0v) is 17.5. The normalized spacial score (nSPS) is 13.0. The van der Waals surface area contributed by atoms with Crippen LogP contribution in [0.5, 0.6) is 17.2 Å². The lowest BCUT2D eigenvalue weighted by atomic mass is 9.99. The molecule has 1 amide bonds. The summed E-state index contributed by atoms with van der Waals surface area (Å²) in [4.78, 5) is 15.7. The van der Waals surface area contributed by atoms with Crippen molar-refractivity contribution in [3.05, 3.63) is 47.5 Å². The van der Waals surface area contributed by atoms with Crippen molar-refractivity contribution in [3.63, 3.8) is 0 Å². The van der Waals surface area contributed by atoms with Crippen LogP contribution < -0.4 is 14.2 Å². The first-order valence-corrected chi connectivity index (χ1v) is 10.6. The third kappa shape index (κ3) is 4.93. The van der Waals surface area contributed by atoms with Crippen molar-refractivity contribution in [2.75, 3.05) is 32.6 Å². The molecule has 0 radical (unpaired) electrons. The molecule has 0 N–H and O–H groups in total. The first-order chi connectivity index (χ1) is 13.6. The van der Waals surface area contributed by atoms with E-state index in [4.69, 9.17) is 14.2 Å². The fourth-order valence-electron chi connectivity index (χ4n) is 3.22. The van der Waals surface area contributed by atoms with Crippen molar-refractivity contribution in [1.29, 1.82) is 0 Å². The van der Waals surface area contributed by atoms with Crippen LogP contribution in [0.2, 0.25) is 0 Å². The van der Waals surface area contributed by atoms with Crippen molar-refractivity contribution >= 4 is 17.7 Å². The molecule has 0 bridgehead atoms. The van der Waals surface area contributed by atoms with Gasteiger partial charge in [0.25, 0.3) is 0 Å². The van der Waals surface area contributed by atoms with Gasteiger partial charge in [-0.2, -0.15) is 0 Å². The molecule has 0 atom stereocenters. The summed E-state index contributed by atoms with van der Waals surface area (Å²) in [5.41, 5.74) is 2.37. The van der Waals surface area contributed by atoms with Gasteiger partial charge in [-0.1, -0.05) is 0 Å². The molecular weight excluding hydrogens is 374 g/mol. The van der Waals surface area contributed by atoms with E-state index in [1.807, 2.05) is 49.1 Å². The van der Waals surface area contributed by atoms with Crippen LogP contribution >= 0.6 is 11.8 Å². The van der Waals surface area contributed by atoms with E-state index in [1.165, 1.54) is 5.56 Å². The molecule has 28 heavy (non-hydrogen) atoms. The Hall–Kier alpha value is -2.34. The molecule has 1 aliphatic rings. The Balaban J connectivity index is 1.64. The number of carbonyl (C=O) groups excluding carboxylic acids is 1. The molecule has 0 aromatic heterocycles. The number of nitrogens with zero attached hydrogens (tertiary/aromatic N) is 1. The summed E-state index contributed by atoms with van der Waals surface area (Å²) in [7, 11) is 1.65. The monoisotopic (exact) mass is 401 g/mol. The molecule has 0 unspecified atom stereocenters. The van der Waals surface area contributed by atoms with E-state index in [0.29, 0.717) is 25.5 Å². The average molecular weight is 402 g/mol. The van der Waals surface area contributed by atoms with Crippen molar-refractivity contribution in [1.82, 2.24) is 4.90 Å². The molecule has 150 valence electrons. The van der Waals surface area contributed by atoms with E-state index in [-0.39, 0.29) is 5.91 Å². The fraction of sp³-hybridized carbons (Fsp3) is 0.409. The number of amides is 1. The maximum Gasteiger partial charge on any atom is 0.233 e. The van der Waals surface area contributed by atoms with E-state index in [1.54, 1.807) is 18.9 Å². The van der Waals surface area contributed by atoms with E-state index in [2.05, 4.69) is 6.07 Å². The Kier molecular flexibility index (Phi) is 7.09. The number of ether oxygens (including phenoxy) is 3. The second-order valence-electron chi connectivity index (χ2n) is 6.46. The molecule has 0 saturated heterocycles. The minimum Gasteiger partial charge on any atom is -0.497 e. The molecule has 2 aromatic carbocycles. The van der Waals surface area contributed by atoms with Crippen LogP contribution in [0.25, 0.3) is 0 Å². The number of fused-ring (bicyclic) bond motifs is 1. The lowest BCUT2D eigenvalue weighted by Crippen LogP contribution is -2.37. The molecule has 5 nitrogen and oxygen atoms in total. The van der Waals surface area contributed by atoms with Crippen molar-refractivity contribution in [3.8, 4) is 17.2 Å². The lowest BCUT2D eigenvalue weighted by Gasteiger charge is -2.30. The van der Waals surface area contributed by atoms with Crippen molar-refractivity contribution < 1.29 is 19.0 Å². The summed E-state index contributed by atoms with van der Waals surface area (Å²) in [5, 5.41) is 0. The van der Waals surface area contributed by atoms with Gasteiger partial charge in [0.1, 0.15) is 5.75 Å². The van der Waals surface area contributed by atoms with E-state index < -0.39 is 0 Å². The molecule has 0 fully saturated rings. The zero-order chi connectivity index (χ0) is 19.9. The number of hydrogen-bond donors (Lipinski definition) is 0. The third-order valence-corrected chi connectivity index (χ3v) is 5.65. The van der Waals surface area contributed by atoms with E-state index >= 15 is 0 Å². The van der Waals surface area contributed by atoms with Gasteiger partial charge in [0.15, 0.2) is 11.5 Å². The molecule has 6 heteroatoms. The summed E-state index contributed by atoms with van der Waals surface area (Å²) in [6.45, 7) is 6.46. The van der Waals surface area contributed by atoms with Crippen LogP contribution in [0.15, 0.2) is 41.3 Å². The highest BCUT2D eigenvalue weighted by Gasteiger charge is 2.23. The Morgan fingerprint density at radius 2 is 1.68 bits per heavy atom. The molecule has 2 aromatic rings. The summed E-state index contributed by atoms with van der Waals surface area (Å²) in [5.74, 6) is 2.94. The Labute approximate surface area is 171 Å². The maximum absolute atomic E-state index is 12.7. The van der Waals surface area contributed by atoms with Gasteiger partial charge in [-0.15, -0.1) is 11.8 Å². The summed E-state index contributed by atoms with van der Waals surface area (Å²) >= 11 is 1.55. The molecule has 0 aliphatic carbocycles. The highest BCUT2D eigenvalue weighted by atomic mass is 32.2. The van der Waals surface area contributed by atoms with E-state index in [0.717, 1.165) is 40.7 Å². The van der Waals surface area contributed by atoms with Crippen molar-refractivity contribution in [2.45, 2.75) is 31.7 Å². The fourth-order valence-corrected chi connectivity index (χ4v) is 4.02. The smallest absolute Gasteiger partial charge is 0.233 e. The minimum absolute atomic E-state index is 0.151. The average Bonchev–Trinajstić information content (AvgIpc) is 2.73. The Morgan fingerprint density at radius 1 is 1.04 bits per heavy atom. The predicted octanol–water partition coefficient (Wildman–Crippen LogP) is 4.17. The highest BCUT2D eigenvalue weighted by molar-refractivity contribution is 8.00. The Morgan fingerprint density at radius 3 is 2.29 bits per heavy atom. The predicted molar refractivity (Wildman–Crippen MR) is 112 cm³/mol. The van der Waals surface area contributed by atoms with Crippen LogP contribution in [-0.2, 0) is 17.8 Å². The van der Waals surface area contributed by atoms with Gasteiger partial charge in [-0.3, -0.25) is 4.79 Å². The van der Waals surface area contributed by atoms with Gasteiger partial charge >= 0.3 is 0 Å². The van der Waals surface area contributed by atoms with Crippen molar-refractivity contribution in [2.24, 2.45) is 0 Å². The highest BCUT2D eigenvalue weighted by Crippen LogP contribution is 2.34. The second-order valence-corrected chi connectivity index (χ2v) is 7.51. The van der Waals surface area contributed by atoms with Gasteiger partial charge in [0.2, 0.25) is 5.91 Å². The number of carbonyl (C=O) groups is 1. The molecule has 0 spiro atoms.